The molecule has 5 rings (SSSR count). The number of hydrogen-bond donors (Lipinski definition) is 0. The molecule has 0 aromatic heterocycles. The molecule has 7 nitrogen and oxygen atoms in total. The molecule has 8 heteroatoms. The van der Waals surface area contributed by atoms with Crippen molar-refractivity contribution in [1.29, 1.82) is 0 Å². The monoisotopic (exact) mass is 536 g/mol. The Morgan fingerprint density at radius 2 is 1.45 bits per heavy atom. The first-order valence-corrected chi connectivity index (χ1v) is 14.1. The molecular weight excluding hydrogens is 504 g/mol. The molecule has 2 saturated heterocycles. The highest BCUT2D eigenvalue weighted by Crippen LogP contribution is 2.38. The van der Waals surface area contributed by atoms with E-state index in [9.17, 15) is 9.00 Å². The Morgan fingerprint density at radius 3 is 2.08 bits per heavy atom. The van der Waals surface area contributed by atoms with Crippen LogP contribution in [0, 0.1) is 0 Å². The first-order chi connectivity index (χ1) is 18.6. The van der Waals surface area contributed by atoms with Gasteiger partial charge in [0.05, 0.1) is 42.5 Å². The molecule has 0 radical (unpaired) electrons. The fraction of sp³-hybridized carbons (Fsp3) is 0.367. The van der Waals surface area contributed by atoms with Crippen LogP contribution in [-0.2, 0) is 52.5 Å². The van der Waals surface area contributed by atoms with E-state index in [1.807, 2.05) is 91.0 Å². The standard InChI is InChI=1S/C30H32O7S/c1-21(31)35-28-27(34-18-23-13-7-3-8-14-23)25(19-33-17-22-11-5-2-6-12-22)37-30-29(28)36-26(20-38(30)32)24-15-9-4-10-16-24/h2-16,25-30H,17-20H2,1H3/t25-,26-,27-,28+,29-,30+,38?/m1/s1. The second-order valence-corrected chi connectivity index (χ2v) is 11.0. The van der Waals surface area contributed by atoms with Crippen LogP contribution in [0.1, 0.15) is 29.7 Å². The lowest BCUT2D eigenvalue weighted by atomic mass is 9.98. The van der Waals surface area contributed by atoms with Crippen LogP contribution in [-0.4, -0.2) is 52.4 Å². The highest BCUT2D eigenvalue weighted by molar-refractivity contribution is 7.85. The number of esters is 1. The van der Waals surface area contributed by atoms with E-state index in [-0.39, 0.29) is 19.0 Å². The van der Waals surface area contributed by atoms with Gasteiger partial charge in [0.25, 0.3) is 0 Å². The van der Waals surface area contributed by atoms with Crippen LogP contribution in [0.2, 0.25) is 0 Å². The summed E-state index contributed by atoms with van der Waals surface area (Å²) in [7, 11) is -1.39. The summed E-state index contributed by atoms with van der Waals surface area (Å²) in [6.07, 6.45) is -3.31. The van der Waals surface area contributed by atoms with E-state index >= 15 is 0 Å². The number of carbonyl (C=O) groups excluding carboxylic acids is 1. The van der Waals surface area contributed by atoms with Gasteiger partial charge < -0.3 is 23.7 Å². The quantitative estimate of drug-likeness (QED) is 0.377. The zero-order chi connectivity index (χ0) is 26.3. The molecule has 7 atom stereocenters. The van der Waals surface area contributed by atoms with Crippen LogP contribution in [0.3, 0.4) is 0 Å². The molecule has 3 aromatic carbocycles. The highest BCUT2D eigenvalue weighted by Gasteiger charge is 2.54. The predicted molar refractivity (Wildman–Crippen MR) is 142 cm³/mol. The lowest BCUT2D eigenvalue weighted by Crippen LogP contribution is -2.64. The number of hydrogen-bond acceptors (Lipinski definition) is 7. The van der Waals surface area contributed by atoms with Crippen molar-refractivity contribution in [1.82, 2.24) is 0 Å². The third-order valence-electron chi connectivity index (χ3n) is 6.64. The van der Waals surface area contributed by atoms with Crippen molar-refractivity contribution in [2.75, 3.05) is 12.4 Å². The summed E-state index contributed by atoms with van der Waals surface area (Å²) < 4.78 is 44.5. The van der Waals surface area contributed by atoms with E-state index in [1.165, 1.54) is 6.92 Å². The molecule has 0 aliphatic carbocycles. The molecule has 0 amide bonds. The molecular formula is C30H32O7S. The number of fused-ring (bicyclic) bond motifs is 1. The van der Waals surface area contributed by atoms with Crippen molar-refractivity contribution < 1.29 is 32.7 Å². The molecule has 0 N–H and O–H groups in total. The molecule has 0 spiro atoms. The topological polar surface area (TPSA) is 80.3 Å². The lowest BCUT2D eigenvalue weighted by molar-refractivity contribution is -0.257. The molecule has 0 bridgehead atoms. The van der Waals surface area contributed by atoms with Gasteiger partial charge in [0, 0.05) is 6.92 Å². The van der Waals surface area contributed by atoms with Gasteiger partial charge in [-0.05, 0) is 16.7 Å². The van der Waals surface area contributed by atoms with E-state index in [2.05, 4.69) is 0 Å². The first-order valence-electron chi connectivity index (χ1n) is 12.8. The molecule has 2 heterocycles. The third kappa shape index (κ3) is 6.57. The summed E-state index contributed by atoms with van der Waals surface area (Å²) in [4.78, 5) is 12.3. The van der Waals surface area contributed by atoms with Gasteiger partial charge in [0.15, 0.2) is 11.5 Å². The van der Waals surface area contributed by atoms with Crippen LogP contribution in [0.15, 0.2) is 91.0 Å². The SMILES string of the molecule is CC(=O)O[C@@H]1[C@H]2O[C@@H](c3ccccc3)CS(=O)[C@@H]2O[C@H](COCc2ccccc2)[C@H]1OCc1ccccc1. The zero-order valence-corrected chi connectivity index (χ0v) is 22.0. The van der Waals surface area contributed by atoms with Crippen molar-refractivity contribution in [3.05, 3.63) is 108 Å². The van der Waals surface area contributed by atoms with Crippen molar-refractivity contribution >= 4 is 16.8 Å². The predicted octanol–water partition coefficient (Wildman–Crippen LogP) is 4.33. The normalized spacial score (nSPS) is 28.8. The average molecular weight is 537 g/mol. The van der Waals surface area contributed by atoms with Gasteiger partial charge in [-0.3, -0.25) is 9.00 Å². The first kappa shape index (κ1) is 26.7. The molecule has 1 unspecified atom stereocenters. The molecule has 38 heavy (non-hydrogen) atoms. The maximum Gasteiger partial charge on any atom is 0.303 e. The second kappa shape index (κ2) is 12.8. The van der Waals surface area contributed by atoms with Crippen LogP contribution in [0.4, 0.5) is 0 Å². The summed E-state index contributed by atoms with van der Waals surface area (Å²) in [6.45, 7) is 2.20. The lowest BCUT2D eigenvalue weighted by Gasteiger charge is -2.48. The van der Waals surface area contributed by atoms with Gasteiger partial charge in [-0.25, -0.2) is 0 Å². The molecule has 2 fully saturated rings. The maximum absolute atomic E-state index is 13.5. The van der Waals surface area contributed by atoms with Crippen LogP contribution in [0.5, 0.6) is 0 Å². The number of rotatable bonds is 9. The maximum atomic E-state index is 13.5. The molecule has 200 valence electrons. The van der Waals surface area contributed by atoms with Crippen molar-refractivity contribution in [3.8, 4) is 0 Å². The molecule has 2 aliphatic heterocycles. The number of benzene rings is 3. The van der Waals surface area contributed by atoms with Gasteiger partial charge in [-0.1, -0.05) is 91.0 Å². The van der Waals surface area contributed by atoms with Gasteiger partial charge in [0.2, 0.25) is 0 Å². The Hall–Kier alpha value is -2.88. The minimum atomic E-state index is -1.39. The van der Waals surface area contributed by atoms with Gasteiger partial charge in [-0.2, -0.15) is 0 Å². The zero-order valence-electron chi connectivity index (χ0n) is 21.2. The summed E-state index contributed by atoms with van der Waals surface area (Å²) in [5.74, 6) is -0.186. The Morgan fingerprint density at radius 1 is 0.842 bits per heavy atom. The minimum Gasteiger partial charge on any atom is -0.457 e. The number of ether oxygens (including phenoxy) is 5. The molecule has 2 aliphatic rings. The fourth-order valence-electron chi connectivity index (χ4n) is 4.85. The fourth-order valence-corrected chi connectivity index (χ4v) is 6.39. The van der Waals surface area contributed by atoms with E-state index < -0.39 is 52.7 Å². The van der Waals surface area contributed by atoms with E-state index in [0.717, 1.165) is 16.7 Å². The Kier molecular flexibility index (Phi) is 8.98. The Labute approximate surface area is 225 Å². The number of carbonyl (C=O) groups is 1. The minimum absolute atomic E-state index is 0.175. The molecule has 3 aromatic rings. The Bertz CT molecular complexity index is 1190. The van der Waals surface area contributed by atoms with Gasteiger partial charge in [-0.15, -0.1) is 0 Å². The van der Waals surface area contributed by atoms with Gasteiger partial charge in [0.1, 0.15) is 18.3 Å². The summed E-state index contributed by atoms with van der Waals surface area (Å²) >= 11 is 0. The Balaban J connectivity index is 1.39. The van der Waals surface area contributed by atoms with Crippen molar-refractivity contribution in [2.45, 2.75) is 56.1 Å². The summed E-state index contributed by atoms with van der Waals surface area (Å²) in [5.41, 5.74) is 2.13. The largest absolute Gasteiger partial charge is 0.457 e. The van der Waals surface area contributed by atoms with Crippen molar-refractivity contribution in [2.24, 2.45) is 0 Å². The highest BCUT2D eigenvalue weighted by atomic mass is 32.2. The third-order valence-corrected chi connectivity index (χ3v) is 8.17. The summed E-state index contributed by atoms with van der Waals surface area (Å²) in [5, 5.41) is 0. The van der Waals surface area contributed by atoms with Crippen molar-refractivity contribution in [3.63, 3.8) is 0 Å². The molecule has 0 saturated carbocycles. The van der Waals surface area contributed by atoms with Crippen LogP contribution < -0.4 is 0 Å². The second-order valence-electron chi connectivity index (χ2n) is 9.43. The van der Waals surface area contributed by atoms with Crippen LogP contribution in [0.25, 0.3) is 0 Å². The summed E-state index contributed by atoms with van der Waals surface area (Å²) in [6, 6.07) is 29.2. The van der Waals surface area contributed by atoms with Gasteiger partial charge >= 0.3 is 5.97 Å². The van der Waals surface area contributed by atoms with E-state index in [4.69, 9.17) is 23.7 Å². The average Bonchev–Trinajstić information content (AvgIpc) is 2.94. The van der Waals surface area contributed by atoms with Crippen LogP contribution >= 0.6 is 0 Å². The smallest absolute Gasteiger partial charge is 0.303 e. The van der Waals surface area contributed by atoms with E-state index in [0.29, 0.717) is 6.61 Å². The van der Waals surface area contributed by atoms with E-state index in [1.54, 1.807) is 0 Å².